The number of hydrogen-bond acceptors (Lipinski definition) is 8. The number of alkyl halides is 3. The van der Waals surface area contributed by atoms with E-state index in [0.29, 0.717) is 74.5 Å². The van der Waals surface area contributed by atoms with Gasteiger partial charge in [-0.3, -0.25) is 24.6 Å². The fraction of sp³-hybridized carbons (Fsp3) is 0.318. The first kappa shape index (κ1) is 41.4. The zero-order valence-electron chi connectivity index (χ0n) is 32.8. The van der Waals surface area contributed by atoms with Crippen LogP contribution in [0.25, 0.3) is 33.1 Å². The molecule has 5 N–H and O–H groups in total. The van der Waals surface area contributed by atoms with Gasteiger partial charge in [-0.1, -0.05) is 36.4 Å². The number of piperidine rings is 1. The number of carbonyl (C=O) groups excluding carboxylic acids is 2. The summed E-state index contributed by atoms with van der Waals surface area (Å²) >= 11 is 0. The topological polar surface area (TPSA) is 175 Å². The van der Waals surface area contributed by atoms with Gasteiger partial charge in [0.25, 0.3) is 11.6 Å². The monoisotopic (exact) mass is 842 g/mol. The lowest BCUT2D eigenvalue weighted by Crippen LogP contribution is -2.42. The minimum Gasteiger partial charge on any atom is -0.491 e. The highest BCUT2D eigenvalue weighted by molar-refractivity contribution is 6.10. The Hall–Kier alpha value is -6.30. The van der Waals surface area contributed by atoms with E-state index in [9.17, 15) is 42.4 Å². The largest absolute Gasteiger partial charge is 0.491 e. The minimum absolute atomic E-state index is 0.0689. The van der Waals surface area contributed by atoms with Crippen LogP contribution in [0.4, 0.5) is 23.2 Å². The van der Waals surface area contributed by atoms with Crippen molar-refractivity contribution in [2.45, 2.75) is 50.6 Å². The lowest BCUT2D eigenvalue weighted by molar-refractivity contribution is -0.387. The lowest BCUT2D eigenvalue weighted by atomic mass is 9.88. The number of carbonyl (C=O) groups is 2. The van der Waals surface area contributed by atoms with Gasteiger partial charge in [0, 0.05) is 78.4 Å². The maximum absolute atomic E-state index is 14.2. The van der Waals surface area contributed by atoms with Gasteiger partial charge >= 0.3 is 6.18 Å². The second-order valence-electron chi connectivity index (χ2n) is 15.4. The van der Waals surface area contributed by atoms with E-state index in [-0.39, 0.29) is 49.0 Å². The Kier molecular flexibility index (Phi) is 11.5. The summed E-state index contributed by atoms with van der Waals surface area (Å²) in [5.74, 6) is -0.271. The molecular formula is C44H42F4N6O7. The van der Waals surface area contributed by atoms with Crippen LogP contribution in [0, 0.1) is 15.9 Å². The molecule has 318 valence electrons. The molecule has 6 aromatic rings. The molecule has 2 aromatic heterocycles. The number of fused-ring (bicyclic) bond motifs is 1. The molecular weight excluding hydrogens is 801 g/mol. The number of halogens is 4. The number of nitro benzene ring substituents is 1. The third-order valence-corrected chi connectivity index (χ3v) is 11.3. The first-order valence-electron chi connectivity index (χ1n) is 19.9. The van der Waals surface area contributed by atoms with Gasteiger partial charge < -0.3 is 35.2 Å². The minimum atomic E-state index is -4.90. The van der Waals surface area contributed by atoms with Gasteiger partial charge in [0.1, 0.15) is 29.3 Å². The van der Waals surface area contributed by atoms with E-state index in [1.54, 1.807) is 0 Å². The van der Waals surface area contributed by atoms with Crippen LogP contribution in [0.2, 0.25) is 0 Å². The molecule has 0 unspecified atom stereocenters. The summed E-state index contributed by atoms with van der Waals surface area (Å²) in [6.07, 6.45) is -3.48. The van der Waals surface area contributed by atoms with Crippen molar-refractivity contribution >= 4 is 39.3 Å². The Bertz CT molecular complexity index is 2600. The van der Waals surface area contributed by atoms with Gasteiger partial charge in [0.05, 0.1) is 23.7 Å². The summed E-state index contributed by atoms with van der Waals surface area (Å²) < 4.78 is 66.1. The Morgan fingerprint density at radius 2 is 1.67 bits per heavy atom. The van der Waals surface area contributed by atoms with Crippen LogP contribution in [0.15, 0.2) is 78.9 Å². The molecule has 0 atom stereocenters. The van der Waals surface area contributed by atoms with Crippen LogP contribution in [0.5, 0.6) is 5.75 Å². The first-order chi connectivity index (χ1) is 29.2. The molecule has 0 saturated carbocycles. The van der Waals surface area contributed by atoms with Crippen LogP contribution in [0.3, 0.4) is 0 Å². The zero-order valence-corrected chi connectivity index (χ0v) is 32.8. The van der Waals surface area contributed by atoms with E-state index in [0.717, 1.165) is 45.5 Å². The van der Waals surface area contributed by atoms with E-state index in [4.69, 9.17) is 9.47 Å². The first-order valence-corrected chi connectivity index (χ1v) is 19.9. The number of ether oxygens (including phenoxy) is 2. The average molecular weight is 843 g/mol. The molecule has 1 saturated heterocycles. The normalized spacial score (nSPS) is 15.5. The van der Waals surface area contributed by atoms with E-state index in [2.05, 4.69) is 25.5 Å². The highest BCUT2D eigenvalue weighted by atomic mass is 19.4. The number of hydrogen-bond donors (Lipinski definition) is 5. The number of aromatic nitrogens is 2. The molecule has 0 aliphatic carbocycles. The fourth-order valence-electron chi connectivity index (χ4n) is 8.10. The second-order valence-corrected chi connectivity index (χ2v) is 15.4. The summed E-state index contributed by atoms with van der Waals surface area (Å²) in [5.41, 5.74) is 2.22. The Morgan fingerprint density at radius 1 is 0.934 bits per heavy atom. The maximum atomic E-state index is 14.2. The molecule has 0 spiro atoms. The molecule has 0 radical (unpaired) electrons. The summed E-state index contributed by atoms with van der Waals surface area (Å²) in [6.45, 7) is 3.24. The van der Waals surface area contributed by atoms with Crippen molar-refractivity contribution in [3.05, 3.63) is 128 Å². The van der Waals surface area contributed by atoms with Gasteiger partial charge in [-0.2, -0.15) is 13.2 Å². The predicted molar refractivity (Wildman–Crippen MR) is 217 cm³/mol. The van der Waals surface area contributed by atoms with Gasteiger partial charge in [-0.15, -0.1) is 0 Å². The number of amides is 2. The Balaban J connectivity index is 0.733. The standard InChI is InChI=1S/C44H42F4N6O7/c45-30-21-33-40-32(9-13-49-42(33)56)41(52-36(40)22-30)28-5-1-26(2-6-28)24-50-39(55)10-16-60-17-18-61-31-7-3-27(4-8-31)25-53-14-11-43(57,12-15-53)38-20-29-19-37(54(58)59)34(44(46,47)48)23-35(29)51-38/h1-8,19-23,51-52,57H,9-18,24-25H2,(H,49,56)(H,50,55). The smallest absolute Gasteiger partial charge is 0.423 e. The third kappa shape index (κ3) is 9.08. The third-order valence-electron chi connectivity index (χ3n) is 11.3. The van der Waals surface area contributed by atoms with Crippen LogP contribution >= 0.6 is 0 Å². The number of aliphatic hydroxyl groups is 1. The van der Waals surface area contributed by atoms with Crippen molar-refractivity contribution in [1.82, 2.24) is 25.5 Å². The average Bonchev–Trinajstić information content (AvgIpc) is 3.79. The van der Waals surface area contributed by atoms with Crippen molar-refractivity contribution in [3.8, 4) is 17.0 Å². The van der Waals surface area contributed by atoms with Crippen LogP contribution < -0.4 is 15.4 Å². The number of nitrogens with zero attached hydrogens (tertiary/aromatic N) is 2. The SMILES string of the molecule is O=C(CCOCCOc1ccc(CN2CCC(O)(c3cc4cc([N+](=O)[O-])c(C(F)(F)F)cc4[nH]3)CC2)cc1)NCc1ccc(-c2[nH]c3cc(F)cc4c3c2CCNC4=O)cc1. The fourth-order valence-corrected chi connectivity index (χ4v) is 8.10. The number of nitrogens with one attached hydrogen (secondary N) is 4. The van der Waals surface area contributed by atoms with Crippen molar-refractivity contribution in [3.63, 3.8) is 0 Å². The summed E-state index contributed by atoms with van der Waals surface area (Å²) in [7, 11) is 0. The Morgan fingerprint density at radius 3 is 2.39 bits per heavy atom. The van der Waals surface area contributed by atoms with Gasteiger partial charge in [-0.05, 0) is 77.9 Å². The van der Waals surface area contributed by atoms with Crippen LogP contribution in [-0.2, 0) is 40.8 Å². The predicted octanol–water partition coefficient (Wildman–Crippen LogP) is 7.25. The number of nitro groups is 1. The molecule has 4 aromatic carbocycles. The highest BCUT2D eigenvalue weighted by Crippen LogP contribution is 2.41. The molecule has 8 rings (SSSR count). The van der Waals surface area contributed by atoms with Gasteiger partial charge in [-0.25, -0.2) is 4.39 Å². The maximum Gasteiger partial charge on any atom is 0.423 e. The second kappa shape index (κ2) is 17.0. The molecule has 61 heavy (non-hydrogen) atoms. The highest BCUT2D eigenvalue weighted by Gasteiger charge is 2.40. The summed E-state index contributed by atoms with van der Waals surface area (Å²) in [6, 6.07) is 21.1. The molecule has 2 aliphatic rings. The van der Waals surface area contributed by atoms with Gasteiger partial charge in [0.15, 0.2) is 0 Å². The number of aromatic amines is 2. The van der Waals surface area contributed by atoms with Crippen molar-refractivity contribution < 1.29 is 46.7 Å². The number of rotatable bonds is 14. The molecule has 13 nitrogen and oxygen atoms in total. The molecule has 4 heterocycles. The number of likely N-dealkylation sites (tertiary alicyclic amines) is 1. The molecule has 1 fully saturated rings. The molecule has 17 heteroatoms. The molecule has 2 amide bonds. The molecule has 2 aliphatic heterocycles. The van der Waals surface area contributed by atoms with Crippen molar-refractivity contribution in [2.75, 3.05) is 39.5 Å². The van der Waals surface area contributed by atoms with E-state index < -0.39 is 33.8 Å². The van der Waals surface area contributed by atoms with Crippen molar-refractivity contribution in [1.29, 1.82) is 0 Å². The zero-order chi connectivity index (χ0) is 42.9. The van der Waals surface area contributed by atoms with E-state index >= 15 is 0 Å². The van der Waals surface area contributed by atoms with Crippen LogP contribution in [-0.4, -0.2) is 76.2 Å². The quantitative estimate of drug-likeness (QED) is 0.0330. The Labute approximate surface area is 346 Å². The summed E-state index contributed by atoms with van der Waals surface area (Å²) in [5, 5.41) is 29.4. The van der Waals surface area contributed by atoms with Crippen molar-refractivity contribution in [2.24, 2.45) is 0 Å². The van der Waals surface area contributed by atoms with E-state index in [1.165, 1.54) is 18.2 Å². The van der Waals surface area contributed by atoms with Gasteiger partial charge in [0.2, 0.25) is 5.91 Å². The van der Waals surface area contributed by atoms with E-state index in [1.807, 2.05) is 48.5 Å². The lowest BCUT2D eigenvalue weighted by Gasteiger charge is -2.37. The summed E-state index contributed by atoms with van der Waals surface area (Å²) in [4.78, 5) is 43.6. The number of H-pyrrole nitrogens is 2. The van der Waals surface area contributed by atoms with Crippen LogP contribution in [0.1, 0.15) is 57.6 Å². The molecule has 0 bridgehead atoms. The number of benzene rings is 4.